The number of rotatable bonds is 3. The van der Waals surface area contributed by atoms with E-state index in [9.17, 15) is 8.42 Å². The zero-order valence-corrected chi connectivity index (χ0v) is 12.3. The highest BCUT2D eigenvalue weighted by Gasteiger charge is 2.28. The van der Waals surface area contributed by atoms with Gasteiger partial charge in [-0.2, -0.15) is 0 Å². The molecule has 106 valence electrons. The second-order valence-electron chi connectivity index (χ2n) is 5.53. The molecule has 19 heavy (non-hydrogen) atoms. The third kappa shape index (κ3) is 3.78. The maximum atomic E-state index is 11.3. The molecule has 0 bridgehead atoms. The van der Waals surface area contributed by atoms with Crippen molar-refractivity contribution in [3.63, 3.8) is 0 Å². The summed E-state index contributed by atoms with van der Waals surface area (Å²) in [5, 5.41) is 8.07. The van der Waals surface area contributed by atoms with Crippen LogP contribution in [0.2, 0.25) is 0 Å². The Kier molecular flexibility index (Phi) is 4.28. The van der Waals surface area contributed by atoms with Crippen molar-refractivity contribution in [2.75, 3.05) is 6.54 Å². The molecule has 1 fully saturated rings. The van der Waals surface area contributed by atoms with Crippen LogP contribution in [-0.4, -0.2) is 26.3 Å². The normalized spacial score (nSPS) is 24.4. The molecule has 1 aliphatic heterocycles. The van der Waals surface area contributed by atoms with Crippen LogP contribution in [0.3, 0.4) is 0 Å². The van der Waals surface area contributed by atoms with Crippen LogP contribution in [0.4, 0.5) is 0 Å². The van der Waals surface area contributed by atoms with E-state index in [-0.39, 0.29) is 0 Å². The van der Waals surface area contributed by atoms with Crippen molar-refractivity contribution in [2.24, 2.45) is 5.14 Å². The van der Waals surface area contributed by atoms with Crippen molar-refractivity contribution in [3.8, 4) is 0 Å². The number of benzene rings is 1. The summed E-state index contributed by atoms with van der Waals surface area (Å²) in [6.45, 7) is 4.67. The lowest BCUT2D eigenvalue weighted by Crippen LogP contribution is -2.47. The van der Waals surface area contributed by atoms with Gasteiger partial charge >= 0.3 is 0 Å². The second kappa shape index (κ2) is 5.61. The molecule has 1 aliphatic rings. The van der Waals surface area contributed by atoms with E-state index in [1.54, 1.807) is 0 Å². The summed E-state index contributed by atoms with van der Waals surface area (Å²) in [6, 6.07) is 6.81. The van der Waals surface area contributed by atoms with Crippen LogP contribution >= 0.6 is 0 Å². The summed E-state index contributed by atoms with van der Waals surface area (Å²) in [4.78, 5) is 0. The van der Waals surface area contributed by atoms with E-state index in [0.717, 1.165) is 12.8 Å². The summed E-state index contributed by atoms with van der Waals surface area (Å²) in [5.74, 6) is 0. The number of aryl methyl sites for hydroxylation is 2. The molecular formula is C14H22N2O2S. The molecule has 2 unspecified atom stereocenters. The first-order chi connectivity index (χ1) is 8.86. The van der Waals surface area contributed by atoms with Crippen molar-refractivity contribution >= 4 is 10.0 Å². The number of piperidine rings is 1. The molecule has 0 radical (unpaired) electrons. The Labute approximate surface area is 115 Å². The van der Waals surface area contributed by atoms with Gasteiger partial charge in [0.2, 0.25) is 10.0 Å². The number of hydrogen-bond donors (Lipinski definition) is 2. The fourth-order valence-corrected chi connectivity index (χ4v) is 3.42. The van der Waals surface area contributed by atoms with E-state index in [1.165, 1.54) is 16.7 Å². The number of nitrogens with one attached hydrogen (secondary N) is 1. The van der Waals surface area contributed by atoms with Gasteiger partial charge in [-0.25, -0.2) is 13.6 Å². The topological polar surface area (TPSA) is 72.2 Å². The third-order valence-corrected chi connectivity index (χ3v) is 5.24. The zero-order valence-electron chi connectivity index (χ0n) is 11.5. The zero-order chi connectivity index (χ0) is 14.0. The molecule has 0 spiro atoms. The van der Waals surface area contributed by atoms with Gasteiger partial charge in [0, 0.05) is 12.6 Å². The number of hydrogen-bond acceptors (Lipinski definition) is 3. The molecule has 0 amide bonds. The summed E-state index contributed by atoms with van der Waals surface area (Å²) in [6.07, 6.45) is 2.46. The van der Waals surface area contributed by atoms with Gasteiger partial charge in [-0.1, -0.05) is 23.8 Å². The minimum Gasteiger partial charge on any atom is -0.312 e. The molecular weight excluding hydrogens is 260 g/mol. The fraction of sp³-hybridized carbons (Fsp3) is 0.571. The molecule has 5 heteroatoms. The number of sulfonamides is 1. The van der Waals surface area contributed by atoms with Crippen LogP contribution in [0.15, 0.2) is 18.2 Å². The van der Waals surface area contributed by atoms with Crippen molar-refractivity contribution in [1.29, 1.82) is 0 Å². The SMILES string of the molecule is Cc1ccc(C)c(CC2CCC(S(N)(=O)=O)CN2)c1. The van der Waals surface area contributed by atoms with Crippen LogP contribution in [0.1, 0.15) is 29.5 Å². The van der Waals surface area contributed by atoms with Crippen LogP contribution in [0.25, 0.3) is 0 Å². The maximum absolute atomic E-state index is 11.3. The quantitative estimate of drug-likeness (QED) is 0.876. The second-order valence-corrected chi connectivity index (χ2v) is 7.37. The third-order valence-electron chi connectivity index (χ3n) is 3.91. The van der Waals surface area contributed by atoms with Crippen LogP contribution < -0.4 is 10.5 Å². The van der Waals surface area contributed by atoms with E-state index < -0.39 is 15.3 Å². The van der Waals surface area contributed by atoms with E-state index in [4.69, 9.17) is 5.14 Å². The predicted molar refractivity (Wildman–Crippen MR) is 77.5 cm³/mol. The van der Waals surface area contributed by atoms with Crippen LogP contribution in [0.5, 0.6) is 0 Å². The van der Waals surface area contributed by atoms with Gasteiger partial charge in [0.25, 0.3) is 0 Å². The Morgan fingerprint density at radius 2 is 2.05 bits per heavy atom. The summed E-state index contributed by atoms with van der Waals surface area (Å²) in [5.41, 5.74) is 3.89. The lowest BCUT2D eigenvalue weighted by atomic mass is 9.94. The lowest BCUT2D eigenvalue weighted by molar-refractivity contribution is 0.396. The molecule has 0 saturated carbocycles. The fourth-order valence-electron chi connectivity index (χ4n) is 2.63. The molecule has 1 saturated heterocycles. The first kappa shape index (κ1) is 14.5. The van der Waals surface area contributed by atoms with Gasteiger partial charge in [0.15, 0.2) is 0 Å². The predicted octanol–water partition coefficient (Wildman–Crippen LogP) is 1.26. The van der Waals surface area contributed by atoms with E-state index in [0.29, 0.717) is 19.0 Å². The lowest BCUT2D eigenvalue weighted by Gasteiger charge is -2.29. The molecule has 2 rings (SSSR count). The van der Waals surface area contributed by atoms with Gasteiger partial charge in [-0.15, -0.1) is 0 Å². The van der Waals surface area contributed by atoms with Crippen molar-refractivity contribution in [3.05, 3.63) is 34.9 Å². The highest BCUT2D eigenvalue weighted by molar-refractivity contribution is 7.89. The summed E-state index contributed by atoms with van der Waals surface area (Å²) >= 11 is 0. The Morgan fingerprint density at radius 1 is 1.32 bits per heavy atom. The Hall–Kier alpha value is -0.910. The average Bonchev–Trinajstić information content (AvgIpc) is 2.33. The van der Waals surface area contributed by atoms with Gasteiger partial charge in [-0.05, 0) is 44.2 Å². The molecule has 1 aromatic carbocycles. The largest absolute Gasteiger partial charge is 0.312 e. The van der Waals surface area contributed by atoms with E-state index >= 15 is 0 Å². The maximum Gasteiger partial charge on any atom is 0.213 e. The minimum absolute atomic E-state index is 0.346. The summed E-state index contributed by atoms with van der Waals surface area (Å²) in [7, 11) is -3.40. The molecule has 1 aromatic rings. The van der Waals surface area contributed by atoms with Crippen LogP contribution in [0, 0.1) is 13.8 Å². The van der Waals surface area contributed by atoms with E-state index in [1.807, 2.05) is 0 Å². The molecule has 2 atom stereocenters. The first-order valence-corrected chi connectivity index (χ1v) is 8.28. The molecule has 3 N–H and O–H groups in total. The summed E-state index contributed by atoms with van der Waals surface area (Å²) < 4.78 is 22.6. The Bertz CT molecular complexity index is 547. The number of nitrogens with two attached hydrogens (primary N) is 1. The monoisotopic (exact) mass is 282 g/mol. The smallest absolute Gasteiger partial charge is 0.213 e. The van der Waals surface area contributed by atoms with E-state index in [2.05, 4.69) is 37.4 Å². The highest BCUT2D eigenvalue weighted by Crippen LogP contribution is 2.19. The molecule has 0 aliphatic carbocycles. The standard InChI is InChI=1S/C14H22N2O2S/c1-10-3-4-11(2)12(7-10)8-13-5-6-14(9-16-13)19(15,17)18/h3-4,7,13-14,16H,5-6,8-9H2,1-2H3,(H2,15,17,18). The Balaban J connectivity index is 1.98. The van der Waals surface area contributed by atoms with Gasteiger partial charge in [0.1, 0.15) is 0 Å². The minimum atomic E-state index is -3.40. The molecule has 4 nitrogen and oxygen atoms in total. The molecule has 0 aromatic heterocycles. The number of primary sulfonamides is 1. The first-order valence-electron chi connectivity index (χ1n) is 6.67. The van der Waals surface area contributed by atoms with Gasteiger partial charge < -0.3 is 5.32 Å². The van der Waals surface area contributed by atoms with Gasteiger partial charge in [-0.3, -0.25) is 0 Å². The molecule has 1 heterocycles. The van der Waals surface area contributed by atoms with Crippen molar-refractivity contribution in [2.45, 2.75) is 44.4 Å². The van der Waals surface area contributed by atoms with Crippen molar-refractivity contribution < 1.29 is 8.42 Å². The highest BCUT2D eigenvalue weighted by atomic mass is 32.2. The van der Waals surface area contributed by atoms with Gasteiger partial charge in [0.05, 0.1) is 5.25 Å². The Morgan fingerprint density at radius 3 is 2.63 bits per heavy atom. The van der Waals surface area contributed by atoms with Crippen molar-refractivity contribution in [1.82, 2.24) is 5.32 Å². The average molecular weight is 282 g/mol. The van der Waals surface area contributed by atoms with Crippen LogP contribution in [-0.2, 0) is 16.4 Å².